The van der Waals surface area contributed by atoms with Crippen LogP contribution in [0.15, 0.2) is 23.2 Å². The Morgan fingerprint density at radius 3 is 2.56 bits per heavy atom. The lowest BCUT2D eigenvalue weighted by molar-refractivity contribution is -0.122. The third-order valence-electron chi connectivity index (χ3n) is 2.30. The quantitative estimate of drug-likeness (QED) is 0.678. The van der Waals surface area contributed by atoms with Gasteiger partial charge < -0.3 is 11.1 Å². The summed E-state index contributed by atoms with van der Waals surface area (Å²) < 4.78 is 26.5. The molecule has 7 nitrogen and oxygen atoms in total. The van der Waals surface area contributed by atoms with E-state index in [1.54, 1.807) is 7.05 Å². The molecule has 0 fully saturated rings. The molecule has 0 spiro atoms. The molecule has 0 aliphatic carbocycles. The molecule has 0 bridgehead atoms. The number of hydrogen-bond donors (Lipinski definition) is 3. The van der Waals surface area contributed by atoms with Crippen molar-refractivity contribution in [1.29, 1.82) is 0 Å². The van der Waals surface area contributed by atoms with E-state index >= 15 is 0 Å². The van der Waals surface area contributed by atoms with Gasteiger partial charge in [0, 0.05) is 13.2 Å². The van der Waals surface area contributed by atoms with Gasteiger partial charge in [-0.05, 0) is 26.0 Å². The zero-order valence-electron chi connectivity index (χ0n) is 10.4. The Hall–Kier alpha value is -1.67. The number of amides is 1. The van der Waals surface area contributed by atoms with Crippen molar-refractivity contribution in [1.82, 2.24) is 9.71 Å². The summed E-state index contributed by atoms with van der Waals surface area (Å²) in [6.45, 7) is 2.78. The van der Waals surface area contributed by atoms with Crippen LogP contribution in [0.3, 0.4) is 0 Å². The fraction of sp³-hybridized carbons (Fsp3) is 0.400. The summed E-state index contributed by atoms with van der Waals surface area (Å²) in [5, 5.41) is 2.67. The molecule has 100 valence electrons. The summed E-state index contributed by atoms with van der Waals surface area (Å²) >= 11 is 0. The van der Waals surface area contributed by atoms with Crippen LogP contribution in [0, 0.1) is 0 Å². The van der Waals surface area contributed by atoms with Crippen LogP contribution >= 0.6 is 0 Å². The lowest BCUT2D eigenvalue weighted by Gasteiger charge is -2.22. The summed E-state index contributed by atoms with van der Waals surface area (Å²) in [5.41, 5.74) is 3.75. The van der Waals surface area contributed by atoms with Crippen LogP contribution in [0.25, 0.3) is 0 Å². The van der Waals surface area contributed by atoms with Crippen molar-refractivity contribution >= 4 is 21.7 Å². The summed E-state index contributed by atoms with van der Waals surface area (Å²) in [6.07, 6.45) is 1.46. The van der Waals surface area contributed by atoms with Crippen molar-refractivity contribution in [2.45, 2.75) is 24.3 Å². The molecule has 0 radical (unpaired) electrons. The number of nitrogens with zero attached hydrogens (tertiary/aromatic N) is 1. The minimum Gasteiger partial charge on any atom is -0.372 e. The predicted octanol–water partition coefficient (Wildman–Crippen LogP) is -0.334. The number of carbonyl (C=O) groups is 1. The zero-order chi connectivity index (χ0) is 14.0. The summed E-state index contributed by atoms with van der Waals surface area (Å²) in [4.78, 5) is 15.0. The smallest absolute Gasteiger partial charge is 0.245 e. The average Bonchev–Trinajstić information content (AvgIpc) is 2.27. The van der Waals surface area contributed by atoms with E-state index < -0.39 is 21.5 Å². The van der Waals surface area contributed by atoms with E-state index in [4.69, 9.17) is 5.73 Å². The number of hydrogen-bond acceptors (Lipinski definition) is 5. The molecule has 0 aromatic carbocycles. The highest BCUT2D eigenvalue weighted by Crippen LogP contribution is 2.19. The van der Waals surface area contributed by atoms with Crippen molar-refractivity contribution in [2.24, 2.45) is 5.73 Å². The number of carbonyl (C=O) groups excluding carboxylic acids is 1. The van der Waals surface area contributed by atoms with Gasteiger partial charge in [-0.3, -0.25) is 4.79 Å². The Balaban J connectivity index is 3.19. The number of nitrogens with two attached hydrogens (primary N) is 1. The summed E-state index contributed by atoms with van der Waals surface area (Å²) in [6, 6.07) is 2.88. The number of sulfonamides is 1. The Bertz CT molecular complexity index is 554. The average molecular weight is 272 g/mol. The molecular weight excluding hydrogens is 256 g/mol. The predicted molar refractivity (Wildman–Crippen MR) is 67.4 cm³/mol. The first kappa shape index (κ1) is 14.4. The lowest BCUT2D eigenvalue weighted by atomic mass is 10.1. The molecule has 4 N–H and O–H groups in total. The number of anilines is 1. The molecule has 0 aliphatic rings. The van der Waals surface area contributed by atoms with Crippen molar-refractivity contribution in [2.75, 3.05) is 12.4 Å². The fourth-order valence-corrected chi connectivity index (χ4v) is 2.79. The number of rotatable bonds is 5. The van der Waals surface area contributed by atoms with Crippen LogP contribution in [0.5, 0.6) is 0 Å². The molecule has 0 saturated carbocycles. The van der Waals surface area contributed by atoms with Crippen LogP contribution < -0.4 is 15.8 Å². The Labute approximate surface area is 106 Å². The molecule has 1 aromatic heterocycles. The monoisotopic (exact) mass is 272 g/mol. The first-order chi connectivity index (χ1) is 8.20. The van der Waals surface area contributed by atoms with Crippen LogP contribution in [-0.2, 0) is 14.8 Å². The first-order valence-electron chi connectivity index (χ1n) is 5.17. The highest BCUT2D eigenvalue weighted by atomic mass is 32.2. The van der Waals surface area contributed by atoms with Gasteiger partial charge in [-0.25, -0.2) is 13.4 Å². The molecule has 1 aromatic rings. The van der Waals surface area contributed by atoms with Gasteiger partial charge in [0.2, 0.25) is 15.9 Å². The van der Waals surface area contributed by atoms with Gasteiger partial charge in [-0.2, -0.15) is 4.72 Å². The van der Waals surface area contributed by atoms with Crippen LogP contribution in [0.1, 0.15) is 13.8 Å². The third kappa shape index (κ3) is 2.96. The maximum atomic E-state index is 12.1. The van der Waals surface area contributed by atoms with Gasteiger partial charge in [0.1, 0.15) is 16.3 Å². The van der Waals surface area contributed by atoms with E-state index in [0.29, 0.717) is 0 Å². The normalized spacial score (nSPS) is 12.2. The largest absolute Gasteiger partial charge is 0.372 e. The molecule has 18 heavy (non-hydrogen) atoms. The topological polar surface area (TPSA) is 114 Å². The van der Waals surface area contributed by atoms with E-state index in [-0.39, 0.29) is 10.7 Å². The SMILES string of the molecule is CNc1ncccc1S(=O)(=O)NC(C)(C)C(N)=O. The van der Waals surface area contributed by atoms with Gasteiger partial charge in [-0.1, -0.05) is 0 Å². The third-order valence-corrected chi connectivity index (χ3v) is 3.99. The number of aromatic nitrogens is 1. The van der Waals surface area contributed by atoms with E-state index in [9.17, 15) is 13.2 Å². The molecule has 8 heteroatoms. The van der Waals surface area contributed by atoms with Crippen molar-refractivity contribution < 1.29 is 13.2 Å². The van der Waals surface area contributed by atoms with Gasteiger partial charge in [-0.15, -0.1) is 0 Å². The molecule has 0 atom stereocenters. The van der Waals surface area contributed by atoms with Crippen molar-refractivity contribution in [3.8, 4) is 0 Å². The molecule has 0 saturated heterocycles. The summed E-state index contributed by atoms with van der Waals surface area (Å²) in [5.74, 6) is -0.564. The maximum absolute atomic E-state index is 12.1. The Kier molecular flexibility index (Phi) is 3.92. The zero-order valence-corrected chi connectivity index (χ0v) is 11.2. The highest BCUT2D eigenvalue weighted by molar-refractivity contribution is 7.89. The van der Waals surface area contributed by atoms with Crippen molar-refractivity contribution in [3.63, 3.8) is 0 Å². The Morgan fingerprint density at radius 2 is 2.06 bits per heavy atom. The first-order valence-corrected chi connectivity index (χ1v) is 6.65. The second kappa shape index (κ2) is 4.91. The van der Waals surface area contributed by atoms with E-state index in [1.807, 2.05) is 0 Å². The Morgan fingerprint density at radius 1 is 1.44 bits per heavy atom. The van der Waals surface area contributed by atoms with E-state index in [0.717, 1.165) is 0 Å². The minimum atomic E-state index is -3.88. The minimum absolute atomic E-state index is 0.0400. The summed E-state index contributed by atoms with van der Waals surface area (Å²) in [7, 11) is -2.33. The number of nitrogens with one attached hydrogen (secondary N) is 2. The standard InChI is InChI=1S/C10H16N4O3S/c1-10(2,9(11)15)14-18(16,17)7-5-4-6-13-8(7)12-3/h4-6,14H,1-3H3,(H2,11,15)(H,12,13). The van der Waals surface area contributed by atoms with Crippen LogP contribution in [0.4, 0.5) is 5.82 Å². The molecule has 1 amide bonds. The molecule has 1 rings (SSSR count). The molecular formula is C10H16N4O3S. The fourth-order valence-electron chi connectivity index (χ4n) is 1.24. The lowest BCUT2D eigenvalue weighted by Crippen LogP contribution is -2.52. The van der Waals surface area contributed by atoms with Gasteiger partial charge in [0.05, 0.1) is 0 Å². The maximum Gasteiger partial charge on any atom is 0.245 e. The number of pyridine rings is 1. The van der Waals surface area contributed by atoms with Gasteiger partial charge in [0.15, 0.2) is 0 Å². The van der Waals surface area contributed by atoms with E-state index in [2.05, 4.69) is 15.0 Å². The second-order valence-electron chi connectivity index (χ2n) is 4.19. The van der Waals surface area contributed by atoms with Crippen molar-refractivity contribution in [3.05, 3.63) is 18.3 Å². The van der Waals surface area contributed by atoms with Crippen LogP contribution in [-0.4, -0.2) is 31.9 Å². The van der Waals surface area contributed by atoms with Gasteiger partial charge in [0.25, 0.3) is 0 Å². The van der Waals surface area contributed by atoms with Crippen LogP contribution in [0.2, 0.25) is 0 Å². The highest BCUT2D eigenvalue weighted by Gasteiger charge is 2.32. The molecule has 0 unspecified atom stereocenters. The van der Waals surface area contributed by atoms with Gasteiger partial charge >= 0.3 is 0 Å². The molecule has 1 heterocycles. The second-order valence-corrected chi connectivity index (χ2v) is 5.85. The number of primary amides is 1. The molecule has 0 aliphatic heterocycles. The van der Waals surface area contributed by atoms with E-state index in [1.165, 1.54) is 32.2 Å².